The maximum absolute atomic E-state index is 12.8. The molecular weight excluding hydrogens is 420 g/mol. The van der Waals surface area contributed by atoms with Crippen molar-refractivity contribution in [3.8, 4) is 0 Å². The fourth-order valence-corrected chi connectivity index (χ4v) is 3.43. The first-order chi connectivity index (χ1) is 15.3. The second-order valence-electron chi connectivity index (χ2n) is 7.48. The van der Waals surface area contributed by atoms with Crippen molar-refractivity contribution >= 4 is 29.5 Å². The fraction of sp³-hybridized carbons (Fsp3) is 0.474. The number of hydrogen-bond donors (Lipinski definition) is 4. The highest BCUT2D eigenvalue weighted by atomic mass is 16.4. The minimum absolute atomic E-state index is 0.136. The Morgan fingerprint density at radius 2 is 2.12 bits per heavy atom. The Bertz CT molecular complexity index is 995. The van der Waals surface area contributed by atoms with Crippen molar-refractivity contribution in [2.24, 2.45) is 5.92 Å². The van der Waals surface area contributed by atoms with Crippen LogP contribution in [-0.4, -0.2) is 73.0 Å². The lowest BCUT2D eigenvalue weighted by Crippen LogP contribution is -2.53. The Morgan fingerprint density at radius 3 is 2.78 bits per heavy atom. The molecule has 13 nitrogen and oxygen atoms in total. The molecule has 3 amide bonds. The van der Waals surface area contributed by atoms with E-state index in [2.05, 4.69) is 36.2 Å². The predicted octanol–water partition coefficient (Wildman–Crippen LogP) is -1.17. The van der Waals surface area contributed by atoms with Gasteiger partial charge in [0.15, 0.2) is 5.82 Å². The van der Waals surface area contributed by atoms with Crippen LogP contribution in [0.25, 0.3) is 0 Å². The quantitative estimate of drug-likeness (QED) is 0.370. The average molecular weight is 444 g/mol. The van der Waals surface area contributed by atoms with Gasteiger partial charge in [0, 0.05) is 12.6 Å². The van der Waals surface area contributed by atoms with E-state index in [1.165, 1.54) is 6.20 Å². The first-order valence-electron chi connectivity index (χ1n) is 10.1. The largest absolute Gasteiger partial charge is 0.480 e. The number of amides is 3. The van der Waals surface area contributed by atoms with E-state index in [-0.39, 0.29) is 30.4 Å². The van der Waals surface area contributed by atoms with Crippen molar-refractivity contribution in [3.05, 3.63) is 29.7 Å². The van der Waals surface area contributed by atoms with Gasteiger partial charge in [-0.25, -0.2) is 14.9 Å². The van der Waals surface area contributed by atoms with Crippen molar-refractivity contribution in [2.75, 3.05) is 11.4 Å². The third-order valence-corrected chi connectivity index (χ3v) is 5.32. The van der Waals surface area contributed by atoms with E-state index in [1.54, 1.807) is 19.1 Å². The van der Waals surface area contributed by atoms with Gasteiger partial charge in [-0.3, -0.25) is 19.3 Å². The van der Waals surface area contributed by atoms with Gasteiger partial charge in [0.05, 0.1) is 13.0 Å². The van der Waals surface area contributed by atoms with Crippen LogP contribution < -0.4 is 15.5 Å². The minimum atomic E-state index is -1.16. The van der Waals surface area contributed by atoms with Gasteiger partial charge < -0.3 is 15.7 Å². The number of rotatable bonds is 9. The molecule has 0 saturated carbocycles. The highest BCUT2D eigenvalue weighted by Gasteiger charge is 2.39. The molecule has 3 rings (SSSR count). The van der Waals surface area contributed by atoms with Crippen LogP contribution in [0.4, 0.5) is 5.82 Å². The molecule has 1 aliphatic rings. The number of nitrogens with zero attached hydrogens (tertiary/aromatic N) is 5. The zero-order chi connectivity index (χ0) is 23.3. The molecule has 13 heteroatoms. The molecule has 2 aromatic rings. The van der Waals surface area contributed by atoms with E-state index in [4.69, 9.17) is 0 Å². The van der Waals surface area contributed by atoms with Gasteiger partial charge in [0.25, 0.3) is 0 Å². The maximum Gasteiger partial charge on any atom is 0.327 e. The number of nitrogens with one attached hydrogen (secondary N) is 3. The molecule has 0 aliphatic carbocycles. The molecule has 2 aromatic heterocycles. The first-order valence-corrected chi connectivity index (χ1v) is 10.1. The van der Waals surface area contributed by atoms with Crippen molar-refractivity contribution < 1.29 is 24.3 Å². The SMILES string of the molecule is CC[C@H](C)[C@H](NC(=O)Cc1nnn[nH]1)C(=O)NCC(=O)N1c2ncccc2CC1C(=O)O. The molecule has 1 unspecified atom stereocenters. The van der Waals surface area contributed by atoms with Gasteiger partial charge in [-0.2, -0.15) is 0 Å². The van der Waals surface area contributed by atoms with E-state index in [0.29, 0.717) is 12.0 Å². The summed E-state index contributed by atoms with van der Waals surface area (Å²) in [6, 6.07) is 1.39. The number of hydrogen-bond acceptors (Lipinski definition) is 8. The molecule has 4 N–H and O–H groups in total. The molecule has 3 heterocycles. The number of anilines is 1. The normalized spacial score (nSPS) is 16.7. The monoisotopic (exact) mass is 444 g/mol. The highest BCUT2D eigenvalue weighted by molar-refractivity contribution is 6.03. The van der Waals surface area contributed by atoms with E-state index in [9.17, 15) is 24.3 Å². The zero-order valence-corrected chi connectivity index (χ0v) is 17.6. The number of carboxylic acid groups (broad SMARTS) is 1. The highest BCUT2D eigenvalue weighted by Crippen LogP contribution is 2.29. The van der Waals surface area contributed by atoms with Crippen LogP contribution in [0.2, 0.25) is 0 Å². The summed E-state index contributed by atoms with van der Waals surface area (Å²) in [6.07, 6.45) is 2.07. The summed E-state index contributed by atoms with van der Waals surface area (Å²) >= 11 is 0. The molecule has 0 aromatic carbocycles. The fourth-order valence-electron chi connectivity index (χ4n) is 3.43. The number of carbonyl (C=O) groups excluding carboxylic acids is 3. The Balaban J connectivity index is 1.65. The number of carbonyl (C=O) groups is 4. The lowest BCUT2D eigenvalue weighted by Gasteiger charge is -2.25. The van der Waals surface area contributed by atoms with E-state index in [0.717, 1.165) is 4.90 Å². The zero-order valence-electron chi connectivity index (χ0n) is 17.6. The Hall–Kier alpha value is -3.90. The first kappa shape index (κ1) is 22.8. The third-order valence-electron chi connectivity index (χ3n) is 5.32. The van der Waals surface area contributed by atoms with Crippen LogP contribution in [0.1, 0.15) is 31.7 Å². The van der Waals surface area contributed by atoms with Crippen LogP contribution in [-0.2, 0) is 32.0 Å². The van der Waals surface area contributed by atoms with Gasteiger partial charge in [-0.05, 0) is 28.0 Å². The molecular formula is C19H24N8O5. The summed E-state index contributed by atoms with van der Waals surface area (Å²) < 4.78 is 0. The van der Waals surface area contributed by atoms with Crippen LogP contribution in [0.3, 0.4) is 0 Å². The van der Waals surface area contributed by atoms with Gasteiger partial charge in [-0.15, -0.1) is 5.10 Å². The molecule has 0 fully saturated rings. The van der Waals surface area contributed by atoms with E-state index in [1.807, 2.05) is 6.92 Å². The Kier molecular flexibility index (Phi) is 7.07. The standard InChI is InChI=1S/C19H24N8O5/c1-3-10(2)16(22-14(28)8-13-23-25-26-24-13)18(30)21-9-15(29)27-12(19(31)32)7-11-5-4-6-20-17(11)27/h4-6,10,12,16H,3,7-9H2,1-2H3,(H,21,30)(H,22,28)(H,31,32)(H,23,24,25,26)/t10-,12?,16-/m0/s1. The second kappa shape index (κ2) is 9.94. The third kappa shape index (κ3) is 5.04. The number of tetrazole rings is 1. The molecule has 170 valence electrons. The van der Waals surface area contributed by atoms with Gasteiger partial charge >= 0.3 is 5.97 Å². The summed E-state index contributed by atoms with van der Waals surface area (Å²) in [5, 5.41) is 27.6. The summed E-state index contributed by atoms with van der Waals surface area (Å²) in [5.74, 6) is -2.47. The lowest BCUT2D eigenvalue weighted by molar-refractivity contribution is -0.139. The minimum Gasteiger partial charge on any atom is -0.480 e. The molecule has 0 saturated heterocycles. The lowest BCUT2D eigenvalue weighted by atomic mass is 9.98. The molecule has 0 radical (unpaired) electrons. The van der Waals surface area contributed by atoms with E-state index < -0.39 is 42.3 Å². The van der Waals surface area contributed by atoms with Gasteiger partial charge in [0.1, 0.15) is 17.9 Å². The van der Waals surface area contributed by atoms with Gasteiger partial charge in [0.2, 0.25) is 17.7 Å². The second-order valence-corrected chi connectivity index (χ2v) is 7.48. The molecule has 0 spiro atoms. The molecule has 1 aliphatic heterocycles. The van der Waals surface area contributed by atoms with E-state index >= 15 is 0 Å². The van der Waals surface area contributed by atoms with Crippen molar-refractivity contribution in [2.45, 2.75) is 45.2 Å². The number of aromatic amines is 1. The summed E-state index contributed by atoms with van der Waals surface area (Å²) in [5.41, 5.74) is 0.645. The van der Waals surface area contributed by atoms with Crippen LogP contribution >= 0.6 is 0 Å². The number of aliphatic carboxylic acids is 1. The summed E-state index contributed by atoms with van der Waals surface area (Å²) in [7, 11) is 0. The smallest absolute Gasteiger partial charge is 0.327 e. The van der Waals surface area contributed by atoms with Crippen molar-refractivity contribution in [3.63, 3.8) is 0 Å². The maximum atomic E-state index is 12.8. The van der Waals surface area contributed by atoms with Crippen molar-refractivity contribution in [1.29, 1.82) is 0 Å². The van der Waals surface area contributed by atoms with Crippen molar-refractivity contribution in [1.82, 2.24) is 36.2 Å². The number of H-pyrrole nitrogens is 1. The molecule has 3 atom stereocenters. The number of pyridine rings is 1. The average Bonchev–Trinajstić information content (AvgIpc) is 3.42. The summed E-state index contributed by atoms with van der Waals surface area (Å²) in [4.78, 5) is 54.7. The molecule has 32 heavy (non-hydrogen) atoms. The predicted molar refractivity (Wildman–Crippen MR) is 109 cm³/mol. The Labute approximate surface area is 183 Å². The Morgan fingerprint density at radius 1 is 1.34 bits per heavy atom. The number of carboxylic acids is 1. The van der Waals surface area contributed by atoms with Crippen LogP contribution in [0.15, 0.2) is 18.3 Å². The van der Waals surface area contributed by atoms with Gasteiger partial charge in [-0.1, -0.05) is 26.3 Å². The number of aromatic nitrogens is 5. The summed E-state index contributed by atoms with van der Waals surface area (Å²) in [6.45, 7) is 3.23. The topological polar surface area (TPSA) is 183 Å². The molecule has 0 bridgehead atoms. The van der Waals surface area contributed by atoms with Crippen LogP contribution in [0, 0.1) is 5.92 Å². The number of fused-ring (bicyclic) bond motifs is 1. The van der Waals surface area contributed by atoms with Crippen LogP contribution in [0.5, 0.6) is 0 Å².